The molecule has 2 atom stereocenters. The maximum absolute atomic E-state index is 13.2. The molecule has 2 heterocycles. The number of carbonyl (C=O) groups is 1. The molecule has 2 aromatic rings. The summed E-state index contributed by atoms with van der Waals surface area (Å²) in [4.78, 5) is 17.7. The molecule has 0 spiro atoms. The molecule has 1 aliphatic heterocycles. The molecule has 2 unspecified atom stereocenters. The van der Waals surface area contributed by atoms with Gasteiger partial charge < -0.3 is 9.88 Å². The average Bonchev–Trinajstić information content (AvgIpc) is 3.19. The minimum atomic E-state index is -0.944. The Morgan fingerprint density at radius 1 is 1.22 bits per heavy atom. The van der Waals surface area contributed by atoms with E-state index >= 15 is 0 Å². The Morgan fingerprint density at radius 2 is 2.04 bits per heavy atom. The number of piperidine rings is 1. The smallest absolute Gasteiger partial charge is 0.253 e. The van der Waals surface area contributed by atoms with E-state index in [1.54, 1.807) is 17.1 Å². The van der Waals surface area contributed by atoms with Crippen molar-refractivity contribution in [3.05, 3.63) is 65.5 Å². The lowest BCUT2D eigenvalue weighted by molar-refractivity contribution is 0.0704. The number of H-pyrrole nitrogens is 1. The van der Waals surface area contributed by atoms with Gasteiger partial charge in [-0.25, -0.2) is 8.78 Å². The molecule has 1 aromatic carbocycles. The van der Waals surface area contributed by atoms with Gasteiger partial charge in [0.05, 0.1) is 0 Å². The van der Waals surface area contributed by atoms with Crippen molar-refractivity contribution in [3.8, 4) is 0 Å². The summed E-state index contributed by atoms with van der Waals surface area (Å²) in [6.45, 7) is 1.20. The molecule has 1 fully saturated rings. The maximum Gasteiger partial charge on any atom is 0.253 e. The van der Waals surface area contributed by atoms with Crippen LogP contribution in [0.1, 0.15) is 47.2 Å². The largest absolute Gasteiger partial charge is 0.338 e. The second kappa shape index (κ2) is 7.42. The molecule has 7 heteroatoms. The van der Waals surface area contributed by atoms with E-state index in [-0.39, 0.29) is 17.6 Å². The van der Waals surface area contributed by atoms with E-state index in [9.17, 15) is 13.6 Å². The van der Waals surface area contributed by atoms with Crippen LogP contribution < -0.4 is 0 Å². The number of amides is 1. The summed E-state index contributed by atoms with van der Waals surface area (Å²) in [6.07, 6.45) is 6.19. The zero-order chi connectivity index (χ0) is 18.8. The van der Waals surface area contributed by atoms with Crippen LogP contribution in [0.5, 0.6) is 0 Å². The van der Waals surface area contributed by atoms with Crippen molar-refractivity contribution in [2.45, 2.75) is 31.4 Å². The van der Waals surface area contributed by atoms with Crippen molar-refractivity contribution in [3.63, 3.8) is 0 Å². The van der Waals surface area contributed by atoms with Crippen LogP contribution in [0.25, 0.3) is 5.57 Å². The summed E-state index contributed by atoms with van der Waals surface area (Å²) in [5.74, 6) is 0.952. The number of halogens is 2. The predicted octanol–water partition coefficient (Wildman–Crippen LogP) is 3.65. The number of alkyl halides is 1. The highest BCUT2D eigenvalue weighted by molar-refractivity contribution is 5.94. The zero-order valence-corrected chi connectivity index (χ0v) is 14.7. The van der Waals surface area contributed by atoms with Gasteiger partial charge in [-0.2, -0.15) is 0 Å². The minimum absolute atomic E-state index is 0.0616. The molecule has 140 valence electrons. The number of hydrogen-bond donors (Lipinski definition) is 1. The molecule has 2 aliphatic rings. The molecule has 1 aliphatic carbocycles. The van der Waals surface area contributed by atoms with Crippen molar-refractivity contribution < 1.29 is 13.6 Å². The molecular formula is C20H20F2N4O. The van der Waals surface area contributed by atoms with E-state index in [1.807, 2.05) is 0 Å². The Balaban J connectivity index is 1.46. The highest BCUT2D eigenvalue weighted by atomic mass is 19.1. The first-order chi connectivity index (χ1) is 13.1. The van der Waals surface area contributed by atoms with Crippen LogP contribution in [0.2, 0.25) is 0 Å². The van der Waals surface area contributed by atoms with E-state index < -0.39 is 6.17 Å². The number of rotatable bonds is 3. The summed E-state index contributed by atoms with van der Waals surface area (Å²) in [7, 11) is 0. The van der Waals surface area contributed by atoms with Gasteiger partial charge in [0.15, 0.2) is 5.82 Å². The quantitative estimate of drug-likeness (QED) is 0.897. The molecule has 1 aromatic heterocycles. The Hall–Kier alpha value is -2.83. The van der Waals surface area contributed by atoms with Crippen LogP contribution in [0.4, 0.5) is 8.78 Å². The van der Waals surface area contributed by atoms with Crippen LogP contribution in [0.15, 0.2) is 42.5 Å². The second-order valence-electron chi connectivity index (χ2n) is 6.93. The van der Waals surface area contributed by atoms with E-state index in [1.165, 1.54) is 30.3 Å². The topological polar surface area (TPSA) is 61.9 Å². The Morgan fingerprint density at radius 3 is 2.78 bits per heavy atom. The first-order valence-electron chi connectivity index (χ1n) is 9.10. The lowest BCUT2D eigenvalue weighted by Crippen LogP contribution is -2.39. The predicted molar refractivity (Wildman–Crippen MR) is 97.3 cm³/mol. The molecule has 1 amide bonds. The molecule has 0 radical (unpaired) electrons. The van der Waals surface area contributed by atoms with E-state index in [0.29, 0.717) is 30.9 Å². The standard InChI is InChI=1S/C20H20F2N4O/c21-16-7-3-13(4-8-16)18-23-19(25-24-18)15-2-1-11-26(12-15)20(27)14-5-9-17(22)10-6-14/h3-7,9-10,15-16H,1-2,8,11-12H2,(H,23,24,25). The number of hydrogen-bond acceptors (Lipinski definition) is 3. The number of nitrogens with zero attached hydrogens (tertiary/aromatic N) is 3. The van der Waals surface area contributed by atoms with Gasteiger partial charge in [0.2, 0.25) is 0 Å². The third-order valence-electron chi connectivity index (χ3n) is 5.01. The van der Waals surface area contributed by atoms with Crippen molar-refractivity contribution in [1.29, 1.82) is 0 Å². The molecule has 1 N–H and O–H groups in total. The Kier molecular flexibility index (Phi) is 4.83. The van der Waals surface area contributed by atoms with Crippen LogP contribution in [-0.4, -0.2) is 45.2 Å². The third-order valence-corrected chi connectivity index (χ3v) is 5.01. The fraction of sp³-hybridized carbons (Fsp3) is 0.350. The fourth-order valence-corrected chi connectivity index (χ4v) is 3.52. The SMILES string of the molecule is O=C(c1ccc(F)cc1)N1CCCC(c2nnc(C3=CCC(F)C=C3)[nH]2)C1. The van der Waals surface area contributed by atoms with Crippen LogP contribution >= 0.6 is 0 Å². The lowest BCUT2D eigenvalue weighted by Gasteiger charge is -2.31. The van der Waals surface area contributed by atoms with E-state index in [4.69, 9.17) is 0 Å². The number of carbonyl (C=O) groups excluding carboxylic acids is 1. The van der Waals surface area contributed by atoms with Crippen LogP contribution in [0.3, 0.4) is 0 Å². The van der Waals surface area contributed by atoms with Crippen molar-refractivity contribution in [1.82, 2.24) is 20.1 Å². The fourth-order valence-electron chi connectivity index (χ4n) is 3.52. The first-order valence-corrected chi connectivity index (χ1v) is 9.10. The summed E-state index contributed by atoms with van der Waals surface area (Å²) in [5, 5.41) is 8.44. The summed E-state index contributed by atoms with van der Waals surface area (Å²) >= 11 is 0. The number of likely N-dealkylation sites (tertiary alicyclic amines) is 1. The monoisotopic (exact) mass is 370 g/mol. The number of nitrogens with one attached hydrogen (secondary N) is 1. The number of aromatic amines is 1. The van der Waals surface area contributed by atoms with E-state index in [2.05, 4.69) is 15.2 Å². The van der Waals surface area contributed by atoms with Crippen molar-refractivity contribution in [2.75, 3.05) is 13.1 Å². The van der Waals surface area contributed by atoms with Gasteiger partial charge in [-0.1, -0.05) is 12.2 Å². The molecule has 5 nitrogen and oxygen atoms in total. The normalized spacial score (nSPS) is 22.6. The Labute approximate surface area is 155 Å². The van der Waals surface area contributed by atoms with Gasteiger partial charge in [-0.15, -0.1) is 10.2 Å². The van der Waals surface area contributed by atoms with Gasteiger partial charge in [0.25, 0.3) is 5.91 Å². The minimum Gasteiger partial charge on any atom is -0.338 e. The molecule has 0 bridgehead atoms. The summed E-state index contributed by atoms with van der Waals surface area (Å²) in [5.41, 5.74) is 1.31. The van der Waals surface area contributed by atoms with Gasteiger partial charge in [-0.05, 0) is 43.2 Å². The number of aromatic nitrogens is 3. The molecule has 1 saturated heterocycles. The molecule has 0 saturated carbocycles. The van der Waals surface area contributed by atoms with Gasteiger partial charge in [0, 0.05) is 36.6 Å². The summed E-state index contributed by atoms with van der Waals surface area (Å²) < 4.78 is 26.3. The summed E-state index contributed by atoms with van der Waals surface area (Å²) in [6, 6.07) is 5.61. The Bertz CT molecular complexity index is 888. The van der Waals surface area contributed by atoms with Crippen molar-refractivity contribution in [2.24, 2.45) is 0 Å². The molecule has 4 rings (SSSR count). The zero-order valence-electron chi connectivity index (χ0n) is 14.7. The van der Waals surface area contributed by atoms with Crippen LogP contribution in [0, 0.1) is 5.82 Å². The van der Waals surface area contributed by atoms with Gasteiger partial charge in [0.1, 0.15) is 17.8 Å². The van der Waals surface area contributed by atoms with Crippen LogP contribution in [-0.2, 0) is 0 Å². The molecule has 27 heavy (non-hydrogen) atoms. The first kappa shape index (κ1) is 17.6. The highest BCUT2D eigenvalue weighted by Crippen LogP contribution is 2.27. The molecular weight excluding hydrogens is 350 g/mol. The third kappa shape index (κ3) is 3.82. The highest BCUT2D eigenvalue weighted by Gasteiger charge is 2.28. The van der Waals surface area contributed by atoms with Crippen molar-refractivity contribution >= 4 is 11.5 Å². The van der Waals surface area contributed by atoms with E-state index in [0.717, 1.165) is 24.2 Å². The average molecular weight is 370 g/mol. The van der Waals surface area contributed by atoms with Gasteiger partial charge in [-0.3, -0.25) is 4.79 Å². The second-order valence-corrected chi connectivity index (χ2v) is 6.93. The van der Waals surface area contributed by atoms with Gasteiger partial charge >= 0.3 is 0 Å². The number of benzene rings is 1. The lowest BCUT2D eigenvalue weighted by atomic mass is 9.96. The number of allylic oxidation sites excluding steroid dienone is 4. The maximum atomic E-state index is 13.2.